The lowest BCUT2D eigenvalue weighted by molar-refractivity contribution is 0.0858. The maximum Gasteiger partial charge on any atom is 0.268 e. The van der Waals surface area contributed by atoms with Crippen LogP contribution >= 0.6 is 11.6 Å². The van der Waals surface area contributed by atoms with Crippen LogP contribution in [0.2, 0.25) is 5.02 Å². The molecule has 5 aromatic rings. The number of fused-ring (bicyclic) bond motifs is 4. The van der Waals surface area contributed by atoms with Crippen LogP contribution in [0, 0.1) is 13.8 Å². The summed E-state index contributed by atoms with van der Waals surface area (Å²) in [4.78, 5) is 26.6. The summed E-state index contributed by atoms with van der Waals surface area (Å²) in [5, 5.41) is 19.3. The van der Waals surface area contributed by atoms with Crippen molar-refractivity contribution in [2.24, 2.45) is 0 Å². The molecule has 36 heavy (non-hydrogen) atoms. The molecule has 0 fully saturated rings. The van der Waals surface area contributed by atoms with E-state index in [4.69, 9.17) is 16.1 Å². The highest BCUT2D eigenvalue weighted by molar-refractivity contribution is 6.37. The molecule has 7 nitrogen and oxygen atoms in total. The first-order valence-electron chi connectivity index (χ1n) is 11.6. The highest BCUT2D eigenvalue weighted by Crippen LogP contribution is 2.35. The van der Waals surface area contributed by atoms with Crippen molar-refractivity contribution in [1.82, 2.24) is 15.0 Å². The van der Waals surface area contributed by atoms with E-state index in [9.17, 15) is 14.7 Å². The molecule has 0 aliphatic heterocycles. The molecule has 2 heterocycles. The van der Waals surface area contributed by atoms with Crippen LogP contribution in [0.25, 0.3) is 27.5 Å². The molecule has 0 saturated carbocycles. The first-order chi connectivity index (χ1) is 17.3. The van der Waals surface area contributed by atoms with Crippen LogP contribution < -0.4 is 10.9 Å². The van der Waals surface area contributed by atoms with Gasteiger partial charge in [-0.15, -0.1) is 0 Å². The zero-order valence-electron chi connectivity index (χ0n) is 19.6. The quantitative estimate of drug-likeness (QED) is 0.372. The van der Waals surface area contributed by atoms with Crippen LogP contribution in [0.15, 0.2) is 70.0 Å². The summed E-state index contributed by atoms with van der Waals surface area (Å²) in [6.07, 6.45) is -0.380. The molecule has 1 amide bonds. The molecule has 2 N–H and O–H groups in total. The molecule has 1 aliphatic rings. The van der Waals surface area contributed by atoms with Crippen LogP contribution in [-0.4, -0.2) is 26.8 Å². The predicted octanol–water partition coefficient (Wildman–Crippen LogP) is 4.79. The van der Waals surface area contributed by atoms with Gasteiger partial charge in [-0.1, -0.05) is 46.6 Å². The Hall–Kier alpha value is -3.94. The Morgan fingerprint density at radius 2 is 1.89 bits per heavy atom. The van der Waals surface area contributed by atoms with Gasteiger partial charge in [0.2, 0.25) is 0 Å². The first-order valence-corrected chi connectivity index (χ1v) is 12.0. The molecule has 3 aromatic carbocycles. The molecule has 0 radical (unpaired) electrons. The third-order valence-electron chi connectivity index (χ3n) is 6.89. The maximum absolute atomic E-state index is 13.7. The second kappa shape index (κ2) is 8.33. The van der Waals surface area contributed by atoms with E-state index in [1.807, 2.05) is 43.3 Å². The highest BCUT2D eigenvalue weighted by Gasteiger charge is 2.33. The van der Waals surface area contributed by atoms with Crippen molar-refractivity contribution >= 4 is 39.3 Å². The van der Waals surface area contributed by atoms with Crippen molar-refractivity contribution in [2.75, 3.05) is 0 Å². The summed E-state index contributed by atoms with van der Waals surface area (Å²) >= 11 is 6.54. The number of pyridine rings is 1. The smallest absolute Gasteiger partial charge is 0.268 e. The lowest BCUT2D eigenvalue weighted by Gasteiger charge is -2.19. The Kier molecular flexibility index (Phi) is 5.21. The maximum atomic E-state index is 13.7. The summed E-state index contributed by atoms with van der Waals surface area (Å²) in [7, 11) is 0. The van der Waals surface area contributed by atoms with Crippen LogP contribution in [0.3, 0.4) is 0 Å². The van der Waals surface area contributed by atoms with Gasteiger partial charge >= 0.3 is 0 Å². The van der Waals surface area contributed by atoms with Crippen molar-refractivity contribution in [3.63, 3.8) is 0 Å². The van der Waals surface area contributed by atoms with Crippen molar-refractivity contribution in [3.05, 3.63) is 104 Å². The van der Waals surface area contributed by atoms with Gasteiger partial charge in [0.1, 0.15) is 16.7 Å². The Balaban J connectivity index is 1.50. The summed E-state index contributed by atoms with van der Waals surface area (Å²) in [5.74, 6) is 0.138. The SMILES string of the molecule is Cc1ccc(C(=O)NC2c3cc(-n4c(=O)c5c(C)onc5c5c(Cl)cccc54)ccc3CC2O)cc1. The van der Waals surface area contributed by atoms with E-state index in [1.165, 1.54) is 0 Å². The van der Waals surface area contributed by atoms with E-state index in [0.29, 0.717) is 50.3 Å². The second-order valence-corrected chi connectivity index (χ2v) is 9.62. The number of rotatable bonds is 3. The predicted molar refractivity (Wildman–Crippen MR) is 138 cm³/mol. The van der Waals surface area contributed by atoms with E-state index in [-0.39, 0.29) is 11.5 Å². The average Bonchev–Trinajstić information content (AvgIpc) is 3.39. The van der Waals surface area contributed by atoms with Crippen molar-refractivity contribution in [1.29, 1.82) is 0 Å². The number of carbonyl (C=O) groups excluding carboxylic acids is 1. The standard InChI is InChI=1S/C28H22ClN3O4/c1-14-6-8-16(9-7-14)27(34)30-25-19-13-18(11-10-17(19)12-22(25)33)32-21-5-3-4-20(29)24(21)26-23(28(32)35)15(2)36-31-26/h3-11,13,22,25,33H,12H2,1-2H3,(H,30,34). The summed E-state index contributed by atoms with van der Waals surface area (Å²) in [6.45, 7) is 3.65. The average molecular weight is 500 g/mol. The van der Waals surface area contributed by atoms with Gasteiger partial charge in [0.15, 0.2) is 0 Å². The molecule has 0 bridgehead atoms. The van der Waals surface area contributed by atoms with E-state index in [0.717, 1.165) is 16.7 Å². The number of aryl methyl sites for hydroxylation is 2. The number of aromatic nitrogens is 2. The third kappa shape index (κ3) is 3.43. The number of aliphatic hydroxyl groups is 1. The number of amides is 1. The van der Waals surface area contributed by atoms with Crippen molar-refractivity contribution in [3.8, 4) is 5.69 Å². The third-order valence-corrected chi connectivity index (χ3v) is 7.20. The molecule has 8 heteroatoms. The van der Waals surface area contributed by atoms with Crippen molar-refractivity contribution in [2.45, 2.75) is 32.4 Å². The number of nitrogens with zero attached hydrogens (tertiary/aromatic N) is 2. The number of aliphatic hydroxyl groups excluding tert-OH is 1. The minimum Gasteiger partial charge on any atom is -0.390 e. The van der Waals surface area contributed by atoms with Gasteiger partial charge in [-0.2, -0.15) is 0 Å². The number of hydrogen-bond donors (Lipinski definition) is 2. The van der Waals surface area contributed by atoms with Gasteiger partial charge < -0.3 is 14.9 Å². The molecule has 1 aliphatic carbocycles. The fourth-order valence-electron chi connectivity index (χ4n) is 5.06. The minimum absolute atomic E-state index is 0.270. The first kappa shape index (κ1) is 22.5. The Morgan fingerprint density at radius 3 is 2.67 bits per heavy atom. The van der Waals surface area contributed by atoms with Gasteiger partial charge in [0.05, 0.1) is 22.7 Å². The summed E-state index contributed by atoms with van der Waals surface area (Å²) in [5.41, 5.74) is 4.58. The molecule has 180 valence electrons. The number of carbonyl (C=O) groups is 1. The molecular weight excluding hydrogens is 478 g/mol. The molecular formula is C28H22ClN3O4. The van der Waals surface area contributed by atoms with Crippen LogP contribution in [0.5, 0.6) is 0 Å². The largest absolute Gasteiger partial charge is 0.390 e. The van der Waals surface area contributed by atoms with Gasteiger partial charge in [-0.25, -0.2) is 0 Å². The Morgan fingerprint density at radius 1 is 1.11 bits per heavy atom. The van der Waals surface area contributed by atoms with E-state index in [1.54, 1.807) is 35.8 Å². The molecule has 0 saturated heterocycles. The fourth-order valence-corrected chi connectivity index (χ4v) is 5.32. The van der Waals surface area contributed by atoms with Crippen LogP contribution in [0.4, 0.5) is 0 Å². The van der Waals surface area contributed by atoms with Gasteiger partial charge in [0.25, 0.3) is 11.5 Å². The summed E-state index contributed by atoms with van der Waals surface area (Å²) in [6, 6.07) is 17.6. The summed E-state index contributed by atoms with van der Waals surface area (Å²) < 4.78 is 6.93. The normalized spacial score (nSPS) is 17.0. The van der Waals surface area contributed by atoms with Crippen LogP contribution in [-0.2, 0) is 6.42 Å². The number of benzene rings is 3. The molecule has 2 aromatic heterocycles. The Labute approximate surface area is 210 Å². The molecule has 2 unspecified atom stereocenters. The zero-order valence-corrected chi connectivity index (χ0v) is 20.3. The Bertz CT molecular complexity index is 1740. The topological polar surface area (TPSA) is 97.4 Å². The highest BCUT2D eigenvalue weighted by atomic mass is 35.5. The number of hydrogen-bond acceptors (Lipinski definition) is 5. The lowest BCUT2D eigenvalue weighted by atomic mass is 10.0. The minimum atomic E-state index is -0.782. The molecule has 0 spiro atoms. The zero-order chi connectivity index (χ0) is 25.1. The van der Waals surface area contributed by atoms with Gasteiger partial charge in [0, 0.05) is 23.1 Å². The lowest BCUT2D eigenvalue weighted by Crippen LogP contribution is -2.34. The van der Waals surface area contributed by atoms with Gasteiger partial charge in [-0.05, 0) is 61.4 Å². The number of halogens is 1. The molecule has 6 rings (SSSR count). The van der Waals surface area contributed by atoms with E-state index in [2.05, 4.69) is 10.5 Å². The van der Waals surface area contributed by atoms with E-state index < -0.39 is 12.1 Å². The fraction of sp³-hybridized carbons (Fsp3) is 0.179. The van der Waals surface area contributed by atoms with Gasteiger partial charge in [-0.3, -0.25) is 14.2 Å². The van der Waals surface area contributed by atoms with Crippen LogP contribution in [0.1, 0.15) is 38.9 Å². The van der Waals surface area contributed by atoms with Crippen molar-refractivity contribution < 1.29 is 14.4 Å². The second-order valence-electron chi connectivity index (χ2n) is 9.21. The van der Waals surface area contributed by atoms with E-state index >= 15 is 0 Å². The monoisotopic (exact) mass is 499 g/mol. The molecule has 2 atom stereocenters. The number of nitrogens with one attached hydrogen (secondary N) is 1.